The van der Waals surface area contributed by atoms with Gasteiger partial charge in [0, 0.05) is 18.0 Å². The van der Waals surface area contributed by atoms with Crippen molar-refractivity contribution in [2.24, 2.45) is 0 Å². The van der Waals surface area contributed by atoms with Gasteiger partial charge in [0.1, 0.15) is 11.0 Å². The first-order chi connectivity index (χ1) is 12.7. The lowest BCUT2D eigenvalue weighted by atomic mass is 10.0. The Morgan fingerprint density at radius 2 is 2.08 bits per heavy atom. The van der Waals surface area contributed by atoms with E-state index in [1.807, 2.05) is 36.4 Å². The molecule has 0 spiro atoms. The summed E-state index contributed by atoms with van der Waals surface area (Å²) in [6, 6.07) is 10.6. The van der Waals surface area contributed by atoms with Crippen molar-refractivity contribution in [3.05, 3.63) is 54.4 Å². The normalized spacial score (nSPS) is 18.7. The number of methoxy groups -OCH3 is 1. The van der Waals surface area contributed by atoms with Gasteiger partial charge in [-0.15, -0.1) is 10.2 Å². The molecule has 2 N–H and O–H groups in total. The SMILES string of the molecule is COc1ccc(C2Nn3c(nnc3-c3cccnc3)SC2C(=O)O)cc1. The fraction of sp³-hybridized carbons (Fsp3) is 0.176. The van der Waals surface area contributed by atoms with Crippen LogP contribution in [0.2, 0.25) is 0 Å². The van der Waals surface area contributed by atoms with Crippen LogP contribution < -0.4 is 10.2 Å². The number of pyridine rings is 1. The van der Waals surface area contributed by atoms with Crippen molar-refractivity contribution in [1.29, 1.82) is 0 Å². The van der Waals surface area contributed by atoms with Gasteiger partial charge >= 0.3 is 5.97 Å². The summed E-state index contributed by atoms with van der Waals surface area (Å²) < 4.78 is 6.90. The highest BCUT2D eigenvalue weighted by Crippen LogP contribution is 2.38. The predicted octanol–water partition coefficient (Wildman–Crippen LogP) is 2.19. The Hall–Kier alpha value is -3.07. The van der Waals surface area contributed by atoms with Gasteiger partial charge in [0.15, 0.2) is 5.82 Å². The van der Waals surface area contributed by atoms with E-state index < -0.39 is 17.3 Å². The zero-order valence-corrected chi connectivity index (χ0v) is 14.6. The summed E-state index contributed by atoms with van der Waals surface area (Å²) in [7, 11) is 1.59. The standard InChI is InChI=1S/C17H15N5O3S/c1-25-12-6-4-10(5-7-12)13-14(16(23)24)26-17-20-19-15(22(17)21-13)11-3-2-8-18-9-11/h2-9,13-14,21H,1H3,(H,23,24). The molecule has 8 nitrogen and oxygen atoms in total. The monoisotopic (exact) mass is 369 g/mol. The molecule has 2 unspecified atom stereocenters. The molecule has 1 aliphatic rings. The van der Waals surface area contributed by atoms with Gasteiger partial charge in [-0.1, -0.05) is 23.9 Å². The van der Waals surface area contributed by atoms with Gasteiger partial charge in [-0.05, 0) is 29.8 Å². The maximum absolute atomic E-state index is 11.8. The Labute approximate surface area is 153 Å². The van der Waals surface area contributed by atoms with Crippen LogP contribution in [0.1, 0.15) is 11.6 Å². The minimum Gasteiger partial charge on any atom is -0.497 e. The highest BCUT2D eigenvalue weighted by atomic mass is 32.2. The maximum atomic E-state index is 11.8. The second-order valence-electron chi connectivity index (χ2n) is 5.64. The fourth-order valence-corrected chi connectivity index (χ4v) is 3.80. The zero-order valence-electron chi connectivity index (χ0n) is 13.7. The molecule has 132 valence electrons. The molecule has 2 atom stereocenters. The van der Waals surface area contributed by atoms with Crippen molar-refractivity contribution < 1.29 is 14.6 Å². The number of hydrogen-bond donors (Lipinski definition) is 2. The van der Waals surface area contributed by atoms with Gasteiger partial charge in [-0.3, -0.25) is 9.78 Å². The van der Waals surface area contributed by atoms with Crippen molar-refractivity contribution in [3.8, 4) is 17.1 Å². The van der Waals surface area contributed by atoms with E-state index >= 15 is 0 Å². The fourth-order valence-electron chi connectivity index (χ4n) is 2.79. The summed E-state index contributed by atoms with van der Waals surface area (Å²) in [5.74, 6) is 0.383. The molecule has 0 radical (unpaired) electrons. The molecule has 0 saturated carbocycles. The van der Waals surface area contributed by atoms with E-state index in [0.717, 1.165) is 11.1 Å². The smallest absolute Gasteiger partial charge is 0.319 e. The number of aliphatic carboxylic acids is 1. The topological polar surface area (TPSA) is 102 Å². The molecule has 26 heavy (non-hydrogen) atoms. The summed E-state index contributed by atoms with van der Waals surface area (Å²) in [4.78, 5) is 15.9. The largest absolute Gasteiger partial charge is 0.497 e. The van der Waals surface area contributed by atoms with E-state index in [-0.39, 0.29) is 0 Å². The molecule has 4 rings (SSSR count). The van der Waals surface area contributed by atoms with Crippen molar-refractivity contribution in [3.63, 3.8) is 0 Å². The minimum atomic E-state index is -0.916. The Morgan fingerprint density at radius 3 is 2.73 bits per heavy atom. The average molecular weight is 369 g/mol. The Balaban J connectivity index is 1.74. The van der Waals surface area contributed by atoms with Crippen LogP contribution in [0.15, 0.2) is 53.9 Å². The zero-order chi connectivity index (χ0) is 18.1. The summed E-state index contributed by atoms with van der Waals surface area (Å²) in [5.41, 5.74) is 4.88. The first kappa shape index (κ1) is 16.4. The van der Waals surface area contributed by atoms with Crippen LogP contribution >= 0.6 is 11.8 Å². The van der Waals surface area contributed by atoms with Crippen molar-refractivity contribution >= 4 is 17.7 Å². The van der Waals surface area contributed by atoms with Crippen LogP contribution in [0.25, 0.3) is 11.4 Å². The van der Waals surface area contributed by atoms with Gasteiger partial charge in [0.2, 0.25) is 5.16 Å². The van der Waals surface area contributed by atoms with Crippen LogP contribution in [-0.2, 0) is 4.79 Å². The summed E-state index contributed by atoms with van der Waals surface area (Å²) in [6.07, 6.45) is 3.37. The molecule has 9 heteroatoms. The molecule has 0 saturated heterocycles. The summed E-state index contributed by atoms with van der Waals surface area (Å²) in [6.45, 7) is 0. The molecule has 0 aliphatic carbocycles. The van der Waals surface area contributed by atoms with E-state index in [1.54, 1.807) is 24.2 Å². The predicted molar refractivity (Wildman–Crippen MR) is 95.6 cm³/mol. The number of carboxylic acid groups (broad SMARTS) is 1. The van der Waals surface area contributed by atoms with Crippen LogP contribution in [0.3, 0.4) is 0 Å². The molecule has 1 aliphatic heterocycles. The number of hydrogen-bond acceptors (Lipinski definition) is 7. The third-order valence-corrected chi connectivity index (χ3v) is 5.28. The number of carboxylic acids is 1. The number of thioether (sulfide) groups is 1. The van der Waals surface area contributed by atoms with E-state index in [1.165, 1.54) is 11.8 Å². The molecule has 3 aromatic rings. The van der Waals surface area contributed by atoms with Crippen molar-refractivity contribution in [1.82, 2.24) is 19.9 Å². The van der Waals surface area contributed by atoms with E-state index in [9.17, 15) is 9.90 Å². The molecule has 3 heterocycles. The lowest BCUT2D eigenvalue weighted by molar-refractivity contribution is -0.136. The van der Waals surface area contributed by atoms with E-state index in [0.29, 0.717) is 16.7 Å². The number of ether oxygens (including phenoxy) is 1. The first-order valence-corrected chi connectivity index (χ1v) is 8.71. The number of carbonyl (C=O) groups is 1. The second-order valence-corrected chi connectivity index (χ2v) is 6.75. The molecular weight excluding hydrogens is 354 g/mol. The van der Waals surface area contributed by atoms with E-state index in [2.05, 4.69) is 20.6 Å². The number of nitrogens with one attached hydrogen (secondary N) is 1. The average Bonchev–Trinajstić information content (AvgIpc) is 3.10. The Bertz CT molecular complexity index is 929. The molecule has 0 fully saturated rings. The molecule has 0 amide bonds. The van der Waals surface area contributed by atoms with Gasteiger partial charge in [0.05, 0.1) is 13.2 Å². The molecule has 1 aromatic carbocycles. The molecule has 2 aromatic heterocycles. The second kappa shape index (κ2) is 6.68. The lowest BCUT2D eigenvalue weighted by Gasteiger charge is -2.31. The van der Waals surface area contributed by atoms with Gasteiger partial charge in [-0.25, -0.2) is 4.68 Å². The van der Waals surface area contributed by atoms with Crippen LogP contribution in [0.4, 0.5) is 0 Å². The van der Waals surface area contributed by atoms with E-state index in [4.69, 9.17) is 4.74 Å². The lowest BCUT2D eigenvalue weighted by Crippen LogP contribution is -2.38. The van der Waals surface area contributed by atoms with Crippen LogP contribution in [-0.4, -0.2) is 43.3 Å². The van der Waals surface area contributed by atoms with Crippen molar-refractivity contribution in [2.75, 3.05) is 12.5 Å². The first-order valence-electron chi connectivity index (χ1n) is 7.83. The number of aromatic nitrogens is 4. The third kappa shape index (κ3) is 2.86. The number of rotatable bonds is 4. The maximum Gasteiger partial charge on any atom is 0.319 e. The Morgan fingerprint density at radius 1 is 1.27 bits per heavy atom. The quantitative estimate of drug-likeness (QED) is 0.722. The Kier molecular flexibility index (Phi) is 4.21. The summed E-state index contributed by atoms with van der Waals surface area (Å²) >= 11 is 1.17. The van der Waals surface area contributed by atoms with Gasteiger partial charge < -0.3 is 15.3 Å². The van der Waals surface area contributed by atoms with Crippen molar-refractivity contribution in [2.45, 2.75) is 16.4 Å². The summed E-state index contributed by atoms with van der Waals surface area (Å²) in [5, 5.41) is 17.8. The van der Waals surface area contributed by atoms with Gasteiger partial charge in [-0.2, -0.15) is 0 Å². The molecule has 0 bridgehead atoms. The third-order valence-electron chi connectivity index (χ3n) is 4.07. The highest BCUT2D eigenvalue weighted by Gasteiger charge is 2.38. The minimum absolute atomic E-state index is 0.456. The highest BCUT2D eigenvalue weighted by molar-refractivity contribution is 8.00. The van der Waals surface area contributed by atoms with Crippen LogP contribution in [0, 0.1) is 0 Å². The van der Waals surface area contributed by atoms with Crippen LogP contribution in [0.5, 0.6) is 5.75 Å². The number of fused-ring (bicyclic) bond motifs is 1. The number of benzene rings is 1. The number of nitrogens with zero attached hydrogens (tertiary/aromatic N) is 4. The van der Waals surface area contributed by atoms with Gasteiger partial charge in [0.25, 0.3) is 0 Å². The molecular formula is C17H15N5O3S.